The van der Waals surface area contributed by atoms with Crippen molar-refractivity contribution in [3.05, 3.63) is 23.3 Å². The number of fused-ring (bicyclic) bond motifs is 1. The highest BCUT2D eigenvalue weighted by atomic mass is 16.4. The molecule has 2 rings (SSSR count). The largest absolute Gasteiger partial charge is 0.504 e. The summed E-state index contributed by atoms with van der Waals surface area (Å²) in [4.78, 5) is 10.9. The molecule has 0 fully saturated rings. The second-order valence-electron chi connectivity index (χ2n) is 3.92. The molecule has 0 aromatic heterocycles. The monoisotopic (exact) mass is 209 g/mol. The van der Waals surface area contributed by atoms with Crippen LogP contribution in [0.25, 0.3) is 0 Å². The first-order valence-corrected chi connectivity index (χ1v) is 4.48. The van der Waals surface area contributed by atoms with Gasteiger partial charge in [0.1, 0.15) is 5.54 Å². The predicted molar refractivity (Wildman–Crippen MR) is 51.7 cm³/mol. The maximum absolute atomic E-state index is 10.9. The minimum Gasteiger partial charge on any atom is -0.504 e. The van der Waals surface area contributed by atoms with E-state index in [4.69, 9.17) is 10.8 Å². The van der Waals surface area contributed by atoms with E-state index in [1.54, 1.807) is 0 Å². The maximum Gasteiger partial charge on any atom is 0.324 e. The average Bonchev–Trinajstić information content (AvgIpc) is 2.43. The van der Waals surface area contributed by atoms with Gasteiger partial charge in [-0.2, -0.15) is 0 Å². The van der Waals surface area contributed by atoms with Crippen LogP contribution in [0, 0.1) is 0 Å². The second kappa shape index (κ2) is 2.87. The van der Waals surface area contributed by atoms with Crippen LogP contribution in [0.5, 0.6) is 11.5 Å². The SMILES string of the molecule is NC1(C(=O)O)Cc2cc(O)c(O)cc2C1. The summed E-state index contributed by atoms with van der Waals surface area (Å²) in [6.07, 6.45) is 0.344. The van der Waals surface area contributed by atoms with Crippen LogP contribution in [-0.2, 0) is 17.6 Å². The van der Waals surface area contributed by atoms with Crippen LogP contribution < -0.4 is 5.73 Å². The van der Waals surface area contributed by atoms with Gasteiger partial charge in [-0.05, 0) is 23.3 Å². The molecule has 1 aliphatic rings. The zero-order valence-corrected chi connectivity index (χ0v) is 7.90. The van der Waals surface area contributed by atoms with Gasteiger partial charge >= 0.3 is 5.97 Å². The fourth-order valence-electron chi connectivity index (χ4n) is 1.89. The summed E-state index contributed by atoms with van der Waals surface area (Å²) in [6, 6.07) is 2.73. The molecule has 0 saturated heterocycles. The number of phenols is 2. The molecular weight excluding hydrogens is 198 g/mol. The van der Waals surface area contributed by atoms with Crippen molar-refractivity contribution < 1.29 is 20.1 Å². The van der Waals surface area contributed by atoms with Crippen LogP contribution in [0.1, 0.15) is 11.1 Å². The van der Waals surface area contributed by atoms with Gasteiger partial charge in [0.25, 0.3) is 0 Å². The van der Waals surface area contributed by atoms with E-state index >= 15 is 0 Å². The third kappa shape index (κ3) is 1.41. The quantitative estimate of drug-likeness (QED) is 0.486. The summed E-state index contributed by atoms with van der Waals surface area (Å²) < 4.78 is 0. The first-order chi connectivity index (χ1) is 6.92. The number of carbonyl (C=O) groups is 1. The van der Waals surface area contributed by atoms with Crippen LogP contribution >= 0.6 is 0 Å². The van der Waals surface area contributed by atoms with Crippen LogP contribution in [0.3, 0.4) is 0 Å². The van der Waals surface area contributed by atoms with E-state index in [1.807, 2.05) is 0 Å². The van der Waals surface area contributed by atoms with Gasteiger partial charge in [-0.3, -0.25) is 4.79 Å². The fraction of sp³-hybridized carbons (Fsp3) is 0.300. The fourth-order valence-corrected chi connectivity index (χ4v) is 1.89. The molecule has 0 aliphatic heterocycles. The Labute approximate surface area is 85.8 Å². The first kappa shape index (κ1) is 9.79. The Morgan fingerprint density at radius 1 is 1.20 bits per heavy atom. The topological polar surface area (TPSA) is 104 Å². The van der Waals surface area contributed by atoms with Crippen molar-refractivity contribution in [1.29, 1.82) is 0 Å². The van der Waals surface area contributed by atoms with E-state index in [0.29, 0.717) is 11.1 Å². The molecule has 15 heavy (non-hydrogen) atoms. The number of aromatic hydroxyl groups is 2. The van der Waals surface area contributed by atoms with E-state index in [9.17, 15) is 15.0 Å². The number of rotatable bonds is 1. The van der Waals surface area contributed by atoms with Gasteiger partial charge in [0.2, 0.25) is 0 Å². The number of hydrogen-bond acceptors (Lipinski definition) is 4. The summed E-state index contributed by atoms with van der Waals surface area (Å²) in [5.41, 5.74) is 5.72. The number of aliphatic carboxylic acids is 1. The summed E-state index contributed by atoms with van der Waals surface area (Å²) in [7, 11) is 0. The molecule has 0 heterocycles. The lowest BCUT2D eigenvalue weighted by atomic mass is 9.98. The van der Waals surface area contributed by atoms with Crippen molar-refractivity contribution in [1.82, 2.24) is 0 Å². The number of carboxylic acid groups (broad SMARTS) is 1. The minimum atomic E-state index is -1.32. The lowest BCUT2D eigenvalue weighted by Gasteiger charge is -2.16. The molecule has 80 valence electrons. The smallest absolute Gasteiger partial charge is 0.324 e. The van der Waals surface area contributed by atoms with Crippen molar-refractivity contribution in [3.8, 4) is 11.5 Å². The van der Waals surface area contributed by atoms with Gasteiger partial charge in [0.15, 0.2) is 11.5 Å². The highest BCUT2D eigenvalue weighted by molar-refractivity contribution is 5.81. The molecule has 5 nitrogen and oxygen atoms in total. The molecule has 0 bridgehead atoms. The highest BCUT2D eigenvalue weighted by Crippen LogP contribution is 2.36. The van der Waals surface area contributed by atoms with Crippen molar-refractivity contribution in [3.63, 3.8) is 0 Å². The van der Waals surface area contributed by atoms with Gasteiger partial charge in [0.05, 0.1) is 0 Å². The van der Waals surface area contributed by atoms with Crippen molar-refractivity contribution in [2.75, 3.05) is 0 Å². The molecule has 0 radical (unpaired) electrons. The molecular formula is C10H11NO4. The Hall–Kier alpha value is -1.75. The van der Waals surface area contributed by atoms with Gasteiger partial charge in [0, 0.05) is 12.8 Å². The molecule has 0 unspecified atom stereocenters. The standard InChI is InChI=1S/C10H11NO4/c11-10(9(14)15)3-5-1-7(12)8(13)2-6(5)4-10/h1-2,12-13H,3-4,11H2,(H,14,15). The molecule has 1 aliphatic carbocycles. The van der Waals surface area contributed by atoms with Crippen molar-refractivity contribution >= 4 is 5.97 Å². The third-order valence-electron chi connectivity index (χ3n) is 2.73. The van der Waals surface area contributed by atoms with Gasteiger partial charge < -0.3 is 21.1 Å². The Morgan fingerprint density at radius 3 is 1.93 bits per heavy atom. The van der Waals surface area contributed by atoms with Crippen molar-refractivity contribution in [2.45, 2.75) is 18.4 Å². The molecule has 0 amide bonds. The predicted octanol–water partition coefficient (Wildman–Crippen LogP) is -0.0215. The Bertz CT molecular complexity index is 410. The summed E-state index contributed by atoms with van der Waals surface area (Å²) in [5.74, 6) is -1.57. The van der Waals surface area contributed by atoms with E-state index < -0.39 is 11.5 Å². The van der Waals surface area contributed by atoms with Crippen LogP contribution in [0.15, 0.2) is 12.1 Å². The third-order valence-corrected chi connectivity index (χ3v) is 2.73. The van der Waals surface area contributed by atoms with Gasteiger partial charge in [-0.1, -0.05) is 0 Å². The Kier molecular flexibility index (Phi) is 1.87. The zero-order chi connectivity index (χ0) is 11.2. The molecule has 1 aromatic carbocycles. The lowest BCUT2D eigenvalue weighted by Crippen LogP contribution is -2.48. The van der Waals surface area contributed by atoms with E-state index in [2.05, 4.69) is 0 Å². The molecule has 1 aromatic rings. The van der Waals surface area contributed by atoms with Crippen molar-refractivity contribution in [2.24, 2.45) is 5.73 Å². The lowest BCUT2D eigenvalue weighted by molar-refractivity contribution is -0.142. The average molecular weight is 209 g/mol. The van der Waals surface area contributed by atoms with E-state index in [-0.39, 0.29) is 24.3 Å². The summed E-state index contributed by atoms with van der Waals surface area (Å²) in [5, 5.41) is 27.4. The number of hydrogen-bond donors (Lipinski definition) is 4. The second-order valence-corrected chi connectivity index (χ2v) is 3.92. The highest BCUT2D eigenvalue weighted by Gasteiger charge is 2.40. The minimum absolute atomic E-state index is 0.172. The van der Waals surface area contributed by atoms with Crippen LogP contribution in [0.2, 0.25) is 0 Å². The summed E-state index contributed by atoms with van der Waals surface area (Å²) >= 11 is 0. The Balaban J connectivity index is 2.43. The molecule has 0 atom stereocenters. The number of nitrogens with two attached hydrogens (primary N) is 1. The van der Waals surface area contributed by atoms with Crippen LogP contribution in [0.4, 0.5) is 0 Å². The van der Waals surface area contributed by atoms with E-state index in [1.165, 1.54) is 12.1 Å². The molecule has 0 spiro atoms. The molecule has 0 saturated carbocycles. The first-order valence-electron chi connectivity index (χ1n) is 4.48. The maximum atomic E-state index is 10.9. The normalized spacial score (nSPS) is 17.4. The van der Waals surface area contributed by atoms with Gasteiger partial charge in [-0.25, -0.2) is 0 Å². The number of benzene rings is 1. The molecule has 5 heteroatoms. The molecule has 5 N–H and O–H groups in total. The van der Waals surface area contributed by atoms with Gasteiger partial charge in [-0.15, -0.1) is 0 Å². The zero-order valence-electron chi connectivity index (χ0n) is 7.90. The number of phenolic OH excluding ortho intramolecular Hbond substituents is 2. The Morgan fingerprint density at radius 2 is 1.60 bits per heavy atom. The summed E-state index contributed by atoms with van der Waals surface area (Å²) in [6.45, 7) is 0. The van der Waals surface area contributed by atoms with Crippen LogP contribution in [-0.4, -0.2) is 26.8 Å². The number of carboxylic acids is 1. The van der Waals surface area contributed by atoms with E-state index in [0.717, 1.165) is 0 Å².